The van der Waals surface area contributed by atoms with E-state index in [4.69, 9.17) is 21.1 Å². The fourth-order valence-corrected chi connectivity index (χ4v) is 4.11. The highest BCUT2D eigenvalue weighted by molar-refractivity contribution is 6.31. The van der Waals surface area contributed by atoms with Gasteiger partial charge >= 0.3 is 0 Å². The van der Waals surface area contributed by atoms with Crippen molar-refractivity contribution < 1.29 is 14.3 Å². The molecule has 4 aromatic rings. The molecule has 5 rings (SSSR count). The van der Waals surface area contributed by atoms with Crippen molar-refractivity contribution in [3.05, 3.63) is 89.5 Å². The Balaban J connectivity index is 1.42. The summed E-state index contributed by atoms with van der Waals surface area (Å²) in [7, 11) is 0. The number of amides is 1. The molecule has 2 aromatic heterocycles. The van der Waals surface area contributed by atoms with E-state index in [0.29, 0.717) is 41.8 Å². The predicted octanol–water partition coefficient (Wildman–Crippen LogP) is 5.37. The fourth-order valence-electron chi connectivity index (χ4n) is 3.90. The van der Waals surface area contributed by atoms with Crippen molar-refractivity contribution >= 4 is 34.0 Å². The molecule has 0 fully saturated rings. The topological polar surface area (TPSA) is 73.3 Å². The van der Waals surface area contributed by atoms with Crippen LogP contribution in [0.2, 0.25) is 5.02 Å². The number of hydrogen-bond acceptors (Lipinski definition) is 5. The molecule has 1 aliphatic heterocycles. The minimum absolute atomic E-state index is 0.131. The van der Waals surface area contributed by atoms with Crippen molar-refractivity contribution in [2.24, 2.45) is 0 Å². The number of carbonyl (C=O) groups is 1. The lowest BCUT2D eigenvalue weighted by Crippen LogP contribution is -2.27. The van der Waals surface area contributed by atoms with Gasteiger partial charge in [-0.3, -0.25) is 14.8 Å². The monoisotopic (exact) mass is 445 g/mol. The van der Waals surface area contributed by atoms with Crippen LogP contribution in [0.4, 0.5) is 5.69 Å². The van der Waals surface area contributed by atoms with E-state index in [0.717, 1.165) is 21.9 Å². The largest absolute Gasteiger partial charge is 0.489 e. The minimum atomic E-state index is -0.419. The zero-order chi connectivity index (χ0) is 21.9. The average Bonchev–Trinajstić information content (AvgIpc) is 2.83. The summed E-state index contributed by atoms with van der Waals surface area (Å²) in [5, 5.41) is 5.43. The van der Waals surface area contributed by atoms with Crippen LogP contribution in [0.5, 0.6) is 11.5 Å². The molecule has 0 saturated heterocycles. The van der Waals surface area contributed by atoms with E-state index < -0.39 is 5.92 Å². The summed E-state index contributed by atoms with van der Waals surface area (Å²) >= 11 is 6.38. The molecular weight excluding hydrogens is 426 g/mol. The van der Waals surface area contributed by atoms with E-state index in [1.807, 2.05) is 36.4 Å². The molecule has 1 aliphatic rings. The Labute approximate surface area is 190 Å². The number of pyridine rings is 2. The highest BCUT2D eigenvalue weighted by atomic mass is 35.5. The number of carbonyl (C=O) groups excluding carboxylic acids is 1. The van der Waals surface area contributed by atoms with Crippen molar-refractivity contribution in [3.8, 4) is 11.5 Å². The first-order valence-corrected chi connectivity index (χ1v) is 10.7. The number of halogens is 1. The van der Waals surface area contributed by atoms with Crippen molar-refractivity contribution in [2.45, 2.75) is 18.9 Å². The van der Waals surface area contributed by atoms with Gasteiger partial charge in [0.15, 0.2) is 11.5 Å². The number of benzene rings is 2. The summed E-state index contributed by atoms with van der Waals surface area (Å²) in [5.74, 6) is 0.520. The van der Waals surface area contributed by atoms with Gasteiger partial charge < -0.3 is 14.8 Å². The first kappa shape index (κ1) is 20.3. The molecule has 3 heterocycles. The van der Waals surface area contributed by atoms with E-state index >= 15 is 0 Å². The first-order chi connectivity index (χ1) is 15.7. The summed E-state index contributed by atoms with van der Waals surface area (Å²) < 4.78 is 11.9. The molecule has 0 spiro atoms. The van der Waals surface area contributed by atoms with Crippen LogP contribution in [0, 0.1) is 0 Å². The summed E-state index contributed by atoms with van der Waals surface area (Å²) in [6.07, 6.45) is 7.44. The highest BCUT2D eigenvalue weighted by Gasteiger charge is 2.31. The van der Waals surface area contributed by atoms with E-state index in [1.54, 1.807) is 36.9 Å². The number of hydrogen-bond donors (Lipinski definition) is 1. The smallest absolute Gasteiger partial charge is 0.232 e. The quantitative estimate of drug-likeness (QED) is 0.447. The van der Waals surface area contributed by atoms with E-state index in [2.05, 4.69) is 15.3 Å². The summed E-state index contributed by atoms with van der Waals surface area (Å²) in [5.41, 5.74) is 2.32. The maximum atomic E-state index is 13.3. The molecule has 1 atom stereocenters. The molecule has 2 aromatic carbocycles. The number of fused-ring (bicyclic) bond motifs is 2. The van der Waals surface area contributed by atoms with Gasteiger partial charge in [0.1, 0.15) is 6.61 Å². The van der Waals surface area contributed by atoms with Gasteiger partial charge in [0.2, 0.25) is 5.91 Å². The van der Waals surface area contributed by atoms with Crippen LogP contribution in [-0.2, 0) is 11.4 Å². The van der Waals surface area contributed by atoms with Gasteiger partial charge in [-0.05, 0) is 18.6 Å². The Morgan fingerprint density at radius 3 is 2.91 bits per heavy atom. The molecule has 32 heavy (non-hydrogen) atoms. The molecule has 160 valence electrons. The molecule has 1 amide bonds. The summed E-state index contributed by atoms with van der Waals surface area (Å²) in [6, 6.07) is 15.1. The van der Waals surface area contributed by atoms with Gasteiger partial charge in [-0.2, -0.15) is 0 Å². The average molecular weight is 446 g/mol. The second-order valence-corrected chi connectivity index (χ2v) is 8.00. The first-order valence-electron chi connectivity index (χ1n) is 10.3. The predicted molar refractivity (Wildman–Crippen MR) is 123 cm³/mol. The molecule has 0 bridgehead atoms. The van der Waals surface area contributed by atoms with Crippen LogP contribution < -0.4 is 14.8 Å². The fraction of sp³-hybridized carbons (Fsp3) is 0.160. The van der Waals surface area contributed by atoms with Gasteiger partial charge in [0, 0.05) is 51.6 Å². The van der Waals surface area contributed by atoms with Crippen LogP contribution in [-0.4, -0.2) is 22.5 Å². The molecule has 0 saturated carbocycles. The van der Waals surface area contributed by atoms with Crippen molar-refractivity contribution in [1.29, 1.82) is 0 Å². The number of aromatic nitrogens is 2. The third-order valence-electron chi connectivity index (χ3n) is 5.44. The van der Waals surface area contributed by atoms with E-state index in [-0.39, 0.29) is 5.91 Å². The van der Waals surface area contributed by atoms with E-state index in [1.165, 1.54) is 0 Å². The SMILES string of the molecule is O=C(Nc1cncc2ccccc12)C1CCOc2c(OCc3cccnc3)cc(Cl)cc21. The lowest BCUT2D eigenvalue weighted by atomic mass is 9.91. The van der Waals surface area contributed by atoms with Crippen LogP contribution in [0.3, 0.4) is 0 Å². The number of rotatable bonds is 5. The number of nitrogens with one attached hydrogen (secondary N) is 1. The standard InChI is InChI=1S/C25H20ClN3O3/c26-18-10-21-20(25(30)29-22-14-28-13-17-5-1-2-6-19(17)22)7-9-31-24(21)23(11-18)32-15-16-4-3-8-27-12-16/h1-6,8,10-14,20H,7,9,15H2,(H,29,30). The Morgan fingerprint density at radius 1 is 1.12 bits per heavy atom. The molecule has 6 nitrogen and oxygen atoms in total. The summed E-state index contributed by atoms with van der Waals surface area (Å²) in [4.78, 5) is 21.6. The van der Waals surface area contributed by atoms with E-state index in [9.17, 15) is 4.79 Å². The lowest BCUT2D eigenvalue weighted by Gasteiger charge is -2.27. The molecule has 1 N–H and O–H groups in total. The van der Waals surface area contributed by atoms with Crippen molar-refractivity contribution in [3.63, 3.8) is 0 Å². The van der Waals surface area contributed by atoms with Crippen LogP contribution in [0.1, 0.15) is 23.5 Å². The number of nitrogens with zero attached hydrogens (tertiary/aromatic N) is 2. The van der Waals surface area contributed by atoms with Crippen LogP contribution in [0.15, 0.2) is 73.3 Å². The Hall–Kier alpha value is -3.64. The molecular formula is C25H20ClN3O3. The number of anilines is 1. The van der Waals surface area contributed by atoms with Gasteiger partial charge in [-0.15, -0.1) is 0 Å². The second kappa shape index (κ2) is 8.85. The third kappa shape index (κ3) is 4.09. The normalized spacial score (nSPS) is 15.0. The van der Waals surface area contributed by atoms with Crippen LogP contribution in [0.25, 0.3) is 10.8 Å². The lowest BCUT2D eigenvalue weighted by molar-refractivity contribution is -0.118. The van der Waals surface area contributed by atoms with Crippen molar-refractivity contribution in [1.82, 2.24) is 9.97 Å². The summed E-state index contributed by atoms with van der Waals surface area (Å²) in [6.45, 7) is 0.728. The Kier molecular flexibility index (Phi) is 5.60. The molecule has 1 unspecified atom stereocenters. The maximum Gasteiger partial charge on any atom is 0.232 e. The van der Waals surface area contributed by atoms with Crippen molar-refractivity contribution in [2.75, 3.05) is 11.9 Å². The Morgan fingerprint density at radius 2 is 2.03 bits per heavy atom. The zero-order valence-electron chi connectivity index (χ0n) is 17.1. The Bertz CT molecular complexity index is 1270. The highest BCUT2D eigenvalue weighted by Crippen LogP contribution is 2.43. The van der Waals surface area contributed by atoms with Crippen LogP contribution >= 0.6 is 11.6 Å². The number of ether oxygens (including phenoxy) is 2. The zero-order valence-corrected chi connectivity index (χ0v) is 17.9. The maximum absolute atomic E-state index is 13.3. The van der Waals surface area contributed by atoms with Gasteiger partial charge in [-0.1, -0.05) is 41.9 Å². The van der Waals surface area contributed by atoms with Gasteiger partial charge in [-0.25, -0.2) is 0 Å². The second-order valence-electron chi connectivity index (χ2n) is 7.56. The minimum Gasteiger partial charge on any atom is -0.489 e. The van der Waals surface area contributed by atoms with Gasteiger partial charge in [0.05, 0.1) is 24.4 Å². The molecule has 0 aliphatic carbocycles. The molecule has 7 heteroatoms. The third-order valence-corrected chi connectivity index (χ3v) is 5.65. The van der Waals surface area contributed by atoms with Gasteiger partial charge in [0.25, 0.3) is 0 Å². The molecule has 0 radical (unpaired) electrons.